The molecule has 0 saturated heterocycles. The summed E-state index contributed by atoms with van der Waals surface area (Å²) in [6, 6.07) is 3.16. The van der Waals surface area contributed by atoms with Gasteiger partial charge in [-0.15, -0.1) is 0 Å². The van der Waals surface area contributed by atoms with Crippen molar-refractivity contribution in [1.29, 1.82) is 0 Å². The minimum Gasteiger partial charge on any atom is -0.268 e. The van der Waals surface area contributed by atoms with E-state index in [0.29, 0.717) is 5.75 Å². The van der Waals surface area contributed by atoms with Crippen molar-refractivity contribution in [2.24, 2.45) is 7.05 Å². The van der Waals surface area contributed by atoms with E-state index >= 15 is 0 Å². The quantitative estimate of drug-likeness (QED) is 0.590. The molecule has 1 aromatic heterocycles. The van der Waals surface area contributed by atoms with Crippen molar-refractivity contribution in [3.63, 3.8) is 0 Å². The molecule has 0 aromatic carbocycles. The van der Waals surface area contributed by atoms with Gasteiger partial charge in [-0.3, -0.25) is 4.79 Å². The van der Waals surface area contributed by atoms with Gasteiger partial charge < -0.3 is 0 Å². The van der Waals surface area contributed by atoms with Crippen LogP contribution in [0.3, 0.4) is 0 Å². The van der Waals surface area contributed by atoms with Gasteiger partial charge in [-0.1, -0.05) is 0 Å². The molecule has 54 valence electrons. The van der Waals surface area contributed by atoms with Crippen LogP contribution < -0.4 is 5.56 Å². The molecule has 3 nitrogen and oxygen atoms in total. The molecule has 0 N–H and O–H groups in total. The molecule has 4 heteroatoms. The number of aryl methyl sites for hydroxylation is 1. The van der Waals surface area contributed by atoms with Crippen LogP contribution in [0.1, 0.15) is 5.69 Å². The van der Waals surface area contributed by atoms with Crippen LogP contribution in [0.4, 0.5) is 0 Å². The predicted molar refractivity (Wildman–Crippen MR) is 42.2 cm³/mol. The van der Waals surface area contributed by atoms with Gasteiger partial charge in [0.05, 0.1) is 5.69 Å². The molecule has 0 unspecified atom stereocenters. The Labute approximate surface area is 64.1 Å². The second-order valence-corrected chi connectivity index (χ2v) is 2.26. The maximum Gasteiger partial charge on any atom is 0.266 e. The minimum atomic E-state index is -0.0921. The molecule has 1 aromatic rings. The number of thiol groups is 1. The molecule has 10 heavy (non-hydrogen) atoms. The first-order valence-corrected chi connectivity index (χ1v) is 3.51. The lowest BCUT2D eigenvalue weighted by molar-refractivity contribution is 0.691. The molecule has 1 heterocycles. The molecular formula is C6H8N2OS. The summed E-state index contributed by atoms with van der Waals surface area (Å²) in [5.41, 5.74) is 0.718. The summed E-state index contributed by atoms with van der Waals surface area (Å²) in [6.45, 7) is 0. The number of rotatable bonds is 1. The van der Waals surface area contributed by atoms with E-state index in [1.165, 1.54) is 10.7 Å². The minimum absolute atomic E-state index is 0.0921. The van der Waals surface area contributed by atoms with Crippen molar-refractivity contribution in [3.05, 3.63) is 28.2 Å². The van der Waals surface area contributed by atoms with E-state index in [-0.39, 0.29) is 5.56 Å². The first-order valence-electron chi connectivity index (χ1n) is 2.88. The van der Waals surface area contributed by atoms with Crippen LogP contribution in [-0.4, -0.2) is 9.78 Å². The summed E-state index contributed by atoms with van der Waals surface area (Å²) < 4.78 is 1.30. The monoisotopic (exact) mass is 156 g/mol. The molecule has 0 aliphatic rings. The van der Waals surface area contributed by atoms with Gasteiger partial charge in [0.1, 0.15) is 0 Å². The molecule has 0 fully saturated rings. The SMILES string of the molecule is Cn1nc(CS)ccc1=O. The third-order valence-electron chi connectivity index (χ3n) is 1.18. The van der Waals surface area contributed by atoms with Crippen LogP contribution in [0.25, 0.3) is 0 Å². The topological polar surface area (TPSA) is 34.9 Å². The number of hydrogen-bond donors (Lipinski definition) is 1. The summed E-state index contributed by atoms with van der Waals surface area (Å²) in [6.07, 6.45) is 0. The zero-order valence-electron chi connectivity index (χ0n) is 5.61. The lowest BCUT2D eigenvalue weighted by Gasteiger charge is -1.96. The molecule has 0 spiro atoms. The lowest BCUT2D eigenvalue weighted by Crippen LogP contribution is -2.18. The van der Waals surface area contributed by atoms with Gasteiger partial charge >= 0.3 is 0 Å². The Morgan fingerprint density at radius 1 is 1.70 bits per heavy atom. The van der Waals surface area contributed by atoms with Gasteiger partial charge in [-0.2, -0.15) is 17.7 Å². The zero-order valence-corrected chi connectivity index (χ0v) is 6.51. The van der Waals surface area contributed by atoms with Crippen molar-refractivity contribution < 1.29 is 0 Å². The third kappa shape index (κ3) is 1.39. The number of aromatic nitrogens is 2. The second kappa shape index (κ2) is 2.88. The van der Waals surface area contributed by atoms with Crippen LogP contribution in [0.5, 0.6) is 0 Å². The van der Waals surface area contributed by atoms with Crippen molar-refractivity contribution in [2.75, 3.05) is 0 Å². The maximum atomic E-state index is 10.8. The van der Waals surface area contributed by atoms with Crippen molar-refractivity contribution in [1.82, 2.24) is 9.78 Å². The van der Waals surface area contributed by atoms with E-state index in [1.807, 2.05) is 0 Å². The first-order chi connectivity index (χ1) is 4.74. The largest absolute Gasteiger partial charge is 0.268 e. The Morgan fingerprint density at radius 3 is 2.90 bits per heavy atom. The fourth-order valence-electron chi connectivity index (χ4n) is 0.635. The summed E-state index contributed by atoms with van der Waals surface area (Å²) >= 11 is 4.01. The molecule has 0 atom stereocenters. The molecule has 0 aliphatic heterocycles. The highest BCUT2D eigenvalue weighted by Gasteiger charge is 1.92. The molecule has 0 radical (unpaired) electrons. The standard InChI is InChI=1S/C6H8N2OS/c1-8-6(9)3-2-5(4-10)7-8/h2-3,10H,4H2,1H3. The molecular weight excluding hydrogens is 148 g/mol. The first kappa shape index (κ1) is 7.34. The fourth-order valence-corrected chi connectivity index (χ4v) is 0.804. The van der Waals surface area contributed by atoms with Gasteiger partial charge in [0.2, 0.25) is 0 Å². The zero-order chi connectivity index (χ0) is 7.56. The third-order valence-corrected chi connectivity index (χ3v) is 1.50. The highest BCUT2D eigenvalue weighted by Crippen LogP contribution is 1.92. The van der Waals surface area contributed by atoms with E-state index in [1.54, 1.807) is 13.1 Å². The molecule has 0 saturated carbocycles. The number of hydrogen-bond acceptors (Lipinski definition) is 3. The Bertz CT molecular complexity index is 281. The Kier molecular flexibility index (Phi) is 2.11. The van der Waals surface area contributed by atoms with Gasteiger partial charge in [0.25, 0.3) is 5.56 Å². The van der Waals surface area contributed by atoms with Crippen LogP contribution in [0.2, 0.25) is 0 Å². The summed E-state index contributed by atoms with van der Waals surface area (Å²) in [4.78, 5) is 10.8. The lowest BCUT2D eigenvalue weighted by atomic mass is 10.4. The van der Waals surface area contributed by atoms with E-state index in [9.17, 15) is 4.79 Å². The van der Waals surface area contributed by atoms with E-state index in [4.69, 9.17) is 0 Å². The summed E-state index contributed by atoms with van der Waals surface area (Å²) in [7, 11) is 1.62. The second-order valence-electron chi connectivity index (χ2n) is 1.94. The van der Waals surface area contributed by atoms with Gasteiger partial charge in [0.15, 0.2) is 0 Å². The van der Waals surface area contributed by atoms with E-state index < -0.39 is 0 Å². The van der Waals surface area contributed by atoms with Gasteiger partial charge in [-0.25, -0.2) is 4.68 Å². The Hall–Kier alpha value is -0.770. The van der Waals surface area contributed by atoms with Gasteiger partial charge in [0, 0.05) is 18.9 Å². The fraction of sp³-hybridized carbons (Fsp3) is 0.333. The molecule has 1 rings (SSSR count). The maximum absolute atomic E-state index is 10.8. The number of nitrogens with zero attached hydrogens (tertiary/aromatic N) is 2. The highest BCUT2D eigenvalue weighted by molar-refractivity contribution is 7.79. The van der Waals surface area contributed by atoms with Crippen molar-refractivity contribution in [3.8, 4) is 0 Å². The van der Waals surface area contributed by atoms with Crippen molar-refractivity contribution in [2.45, 2.75) is 5.75 Å². The molecule has 0 amide bonds. The van der Waals surface area contributed by atoms with Crippen LogP contribution >= 0.6 is 12.6 Å². The van der Waals surface area contributed by atoms with Gasteiger partial charge in [-0.05, 0) is 6.07 Å². The van der Waals surface area contributed by atoms with Crippen LogP contribution in [0.15, 0.2) is 16.9 Å². The smallest absolute Gasteiger partial charge is 0.266 e. The molecule has 0 bridgehead atoms. The Morgan fingerprint density at radius 2 is 2.40 bits per heavy atom. The van der Waals surface area contributed by atoms with E-state index in [0.717, 1.165) is 5.69 Å². The van der Waals surface area contributed by atoms with Crippen LogP contribution in [0, 0.1) is 0 Å². The summed E-state index contributed by atoms with van der Waals surface area (Å²) in [5.74, 6) is 0.564. The Balaban J connectivity index is 3.17. The van der Waals surface area contributed by atoms with E-state index in [2.05, 4.69) is 17.7 Å². The predicted octanol–water partition coefficient (Wildman–Crippen LogP) is 0.210. The normalized spacial score (nSPS) is 9.80. The van der Waals surface area contributed by atoms with Crippen LogP contribution in [-0.2, 0) is 12.8 Å². The summed E-state index contributed by atoms with van der Waals surface area (Å²) in [5, 5.41) is 3.92. The highest BCUT2D eigenvalue weighted by atomic mass is 32.1. The van der Waals surface area contributed by atoms with Crippen molar-refractivity contribution >= 4 is 12.6 Å². The average Bonchev–Trinajstić information content (AvgIpc) is 1.95. The average molecular weight is 156 g/mol. The molecule has 0 aliphatic carbocycles.